The van der Waals surface area contributed by atoms with Gasteiger partial charge in [-0.3, -0.25) is 4.79 Å². The van der Waals surface area contributed by atoms with E-state index in [0.717, 1.165) is 22.6 Å². The lowest BCUT2D eigenvalue weighted by Crippen LogP contribution is -2.19. The lowest BCUT2D eigenvalue weighted by molar-refractivity contribution is -0.115. The molecule has 1 aliphatic heterocycles. The number of benzene rings is 2. The molecule has 0 aliphatic carbocycles. The largest absolute Gasteiger partial charge is 0.325 e. The van der Waals surface area contributed by atoms with Crippen molar-refractivity contribution in [1.82, 2.24) is 14.8 Å². The molecule has 2 aromatic carbocycles. The van der Waals surface area contributed by atoms with Crippen molar-refractivity contribution >= 4 is 33.2 Å². The van der Waals surface area contributed by atoms with Crippen LogP contribution in [0.3, 0.4) is 0 Å². The van der Waals surface area contributed by atoms with Crippen LogP contribution in [-0.4, -0.2) is 40.6 Å². The first-order valence-corrected chi connectivity index (χ1v) is 13.2. The number of nitrogens with one attached hydrogen (secondary N) is 1. The standard InChI is InChI=1S/C23H26N4O3S2/c1-16-8-10-19(11-9-16)24-22(28)21(18-6-4-3-5-7-18)31-23-26-25-20(27(23)2)14-17-12-13-32(29,30)15-17/h3-11,17,21H,12-15H2,1-2H3,(H,24,28)/t17-,21-/m1/s1. The second-order valence-corrected chi connectivity index (χ2v) is 11.5. The van der Waals surface area contributed by atoms with Crippen LogP contribution in [-0.2, 0) is 28.1 Å². The molecule has 168 valence electrons. The summed E-state index contributed by atoms with van der Waals surface area (Å²) in [6.45, 7) is 2.00. The molecule has 2 heterocycles. The Morgan fingerprint density at radius 3 is 2.53 bits per heavy atom. The fourth-order valence-electron chi connectivity index (χ4n) is 3.77. The number of hydrogen-bond donors (Lipinski definition) is 1. The van der Waals surface area contributed by atoms with Crippen LogP contribution < -0.4 is 5.32 Å². The van der Waals surface area contributed by atoms with Gasteiger partial charge < -0.3 is 9.88 Å². The first-order chi connectivity index (χ1) is 15.3. The average molecular weight is 471 g/mol. The van der Waals surface area contributed by atoms with Gasteiger partial charge in [-0.15, -0.1) is 10.2 Å². The predicted molar refractivity (Wildman–Crippen MR) is 126 cm³/mol. The summed E-state index contributed by atoms with van der Waals surface area (Å²) in [6, 6.07) is 17.3. The van der Waals surface area contributed by atoms with Crippen molar-refractivity contribution in [1.29, 1.82) is 0 Å². The molecule has 0 unspecified atom stereocenters. The van der Waals surface area contributed by atoms with Gasteiger partial charge in [-0.25, -0.2) is 8.42 Å². The van der Waals surface area contributed by atoms with Crippen LogP contribution in [0.15, 0.2) is 59.8 Å². The van der Waals surface area contributed by atoms with Gasteiger partial charge in [-0.2, -0.15) is 0 Å². The van der Waals surface area contributed by atoms with Gasteiger partial charge in [-0.1, -0.05) is 59.8 Å². The first-order valence-electron chi connectivity index (χ1n) is 10.5. The van der Waals surface area contributed by atoms with Gasteiger partial charge in [0.05, 0.1) is 11.5 Å². The maximum absolute atomic E-state index is 13.2. The minimum absolute atomic E-state index is 0.0653. The van der Waals surface area contributed by atoms with E-state index in [1.54, 1.807) is 0 Å². The number of carbonyl (C=O) groups excluding carboxylic acids is 1. The minimum Gasteiger partial charge on any atom is -0.325 e. The Kier molecular flexibility index (Phi) is 6.66. The third kappa shape index (κ3) is 5.39. The third-order valence-electron chi connectivity index (χ3n) is 5.61. The summed E-state index contributed by atoms with van der Waals surface area (Å²) in [5.74, 6) is 1.10. The molecule has 0 radical (unpaired) electrons. The van der Waals surface area contributed by atoms with Gasteiger partial charge in [0.25, 0.3) is 0 Å². The maximum Gasteiger partial charge on any atom is 0.242 e. The van der Waals surface area contributed by atoms with Crippen molar-refractivity contribution in [2.45, 2.75) is 30.2 Å². The quantitative estimate of drug-likeness (QED) is 0.531. The van der Waals surface area contributed by atoms with Gasteiger partial charge in [0.15, 0.2) is 15.0 Å². The van der Waals surface area contributed by atoms with Crippen LogP contribution in [0.25, 0.3) is 0 Å². The van der Waals surface area contributed by atoms with Crippen LogP contribution in [0.1, 0.15) is 28.6 Å². The van der Waals surface area contributed by atoms with Crippen LogP contribution in [0.2, 0.25) is 0 Å². The van der Waals surface area contributed by atoms with Gasteiger partial charge in [0.2, 0.25) is 5.91 Å². The van der Waals surface area contributed by atoms with E-state index >= 15 is 0 Å². The van der Waals surface area contributed by atoms with E-state index in [2.05, 4.69) is 15.5 Å². The molecule has 1 N–H and O–H groups in total. The number of rotatable bonds is 7. The van der Waals surface area contributed by atoms with Crippen molar-refractivity contribution < 1.29 is 13.2 Å². The van der Waals surface area contributed by atoms with Gasteiger partial charge >= 0.3 is 0 Å². The molecular formula is C23H26N4O3S2. The number of aryl methyl sites for hydroxylation is 1. The summed E-state index contributed by atoms with van der Waals surface area (Å²) in [5.41, 5.74) is 2.73. The summed E-state index contributed by atoms with van der Waals surface area (Å²) < 4.78 is 25.4. The molecule has 1 aromatic heterocycles. The SMILES string of the molecule is Cc1ccc(NC(=O)[C@H](Sc2nnc(C[C@H]3CCS(=O)(=O)C3)n2C)c2ccccc2)cc1. The van der Waals surface area contributed by atoms with E-state index < -0.39 is 15.1 Å². The highest BCUT2D eigenvalue weighted by molar-refractivity contribution is 8.00. The van der Waals surface area contributed by atoms with Crippen molar-refractivity contribution in [2.24, 2.45) is 13.0 Å². The van der Waals surface area contributed by atoms with E-state index in [9.17, 15) is 13.2 Å². The Hall–Kier alpha value is -2.65. The van der Waals surface area contributed by atoms with E-state index in [0.29, 0.717) is 18.0 Å². The van der Waals surface area contributed by atoms with Crippen LogP contribution >= 0.6 is 11.8 Å². The maximum atomic E-state index is 13.2. The number of amides is 1. The predicted octanol–water partition coefficient (Wildman–Crippen LogP) is 3.57. The lowest BCUT2D eigenvalue weighted by Gasteiger charge is -2.17. The van der Waals surface area contributed by atoms with Crippen molar-refractivity contribution in [3.63, 3.8) is 0 Å². The zero-order chi connectivity index (χ0) is 22.7. The van der Waals surface area contributed by atoms with Gasteiger partial charge in [-0.05, 0) is 37.0 Å². The highest BCUT2D eigenvalue weighted by atomic mass is 32.2. The number of aromatic nitrogens is 3. The molecule has 1 amide bonds. The van der Waals surface area contributed by atoms with Crippen molar-refractivity contribution in [3.05, 3.63) is 71.5 Å². The zero-order valence-corrected chi connectivity index (χ0v) is 19.7. The molecular weight excluding hydrogens is 444 g/mol. The Balaban J connectivity index is 1.53. The Labute approximate surface area is 192 Å². The Morgan fingerprint density at radius 1 is 1.16 bits per heavy atom. The van der Waals surface area contributed by atoms with E-state index in [4.69, 9.17) is 0 Å². The summed E-state index contributed by atoms with van der Waals surface area (Å²) >= 11 is 1.34. The fraction of sp³-hybridized carbons (Fsp3) is 0.348. The van der Waals surface area contributed by atoms with Gasteiger partial charge in [0.1, 0.15) is 11.1 Å². The zero-order valence-electron chi connectivity index (χ0n) is 18.1. The van der Waals surface area contributed by atoms with Crippen LogP contribution in [0.4, 0.5) is 5.69 Å². The normalized spacial score (nSPS) is 18.4. The summed E-state index contributed by atoms with van der Waals surface area (Å²) in [7, 11) is -1.07. The topological polar surface area (TPSA) is 94.0 Å². The van der Waals surface area contributed by atoms with E-state index in [1.165, 1.54) is 11.8 Å². The Morgan fingerprint density at radius 2 is 1.88 bits per heavy atom. The smallest absolute Gasteiger partial charge is 0.242 e. The monoisotopic (exact) mass is 470 g/mol. The highest BCUT2D eigenvalue weighted by Crippen LogP contribution is 2.36. The second-order valence-electron chi connectivity index (χ2n) is 8.19. The molecule has 2 atom stereocenters. The summed E-state index contributed by atoms with van der Waals surface area (Å²) in [5, 5.41) is 11.7. The summed E-state index contributed by atoms with van der Waals surface area (Å²) in [6.07, 6.45) is 1.22. The number of nitrogens with zero attached hydrogens (tertiary/aromatic N) is 3. The average Bonchev–Trinajstić information content (AvgIpc) is 3.30. The van der Waals surface area contributed by atoms with Crippen LogP contribution in [0, 0.1) is 12.8 Å². The van der Waals surface area contributed by atoms with Crippen molar-refractivity contribution in [2.75, 3.05) is 16.8 Å². The molecule has 1 fully saturated rings. The van der Waals surface area contributed by atoms with E-state index in [1.807, 2.05) is 73.1 Å². The molecule has 0 bridgehead atoms. The molecule has 9 heteroatoms. The summed E-state index contributed by atoms with van der Waals surface area (Å²) in [4.78, 5) is 13.2. The molecule has 1 aliphatic rings. The fourth-order valence-corrected chi connectivity index (χ4v) is 6.65. The van der Waals surface area contributed by atoms with Crippen molar-refractivity contribution in [3.8, 4) is 0 Å². The second kappa shape index (κ2) is 9.46. The number of hydrogen-bond acceptors (Lipinski definition) is 6. The van der Waals surface area contributed by atoms with Crippen LogP contribution in [0.5, 0.6) is 0 Å². The first kappa shape index (κ1) is 22.5. The molecule has 3 aromatic rings. The lowest BCUT2D eigenvalue weighted by atomic mass is 10.1. The molecule has 32 heavy (non-hydrogen) atoms. The Bertz CT molecular complexity index is 1190. The number of sulfone groups is 1. The number of carbonyl (C=O) groups is 1. The minimum atomic E-state index is -2.94. The molecule has 4 rings (SSSR count). The highest BCUT2D eigenvalue weighted by Gasteiger charge is 2.30. The van der Waals surface area contributed by atoms with E-state index in [-0.39, 0.29) is 23.3 Å². The number of thioether (sulfide) groups is 1. The molecule has 1 saturated heterocycles. The third-order valence-corrected chi connectivity index (χ3v) is 8.73. The molecule has 0 spiro atoms. The molecule has 0 saturated carbocycles. The number of anilines is 1. The van der Waals surface area contributed by atoms with Gasteiger partial charge in [0, 0.05) is 19.2 Å². The molecule has 7 nitrogen and oxygen atoms in total.